The number of carbonyl (C=O) groups excluding carboxylic acids is 1. The molecule has 5 nitrogen and oxygen atoms in total. The maximum atomic E-state index is 11.6. The number of Topliss-reactive ketones (excluding diaryl/α,β-unsaturated/α-hetero) is 1. The molecule has 0 unspecified atom stereocenters. The maximum absolute atomic E-state index is 11.6. The van der Waals surface area contributed by atoms with Gasteiger partial charge in [-0.05, 0) is 6.42 Å². The number of hydrogen-bond acceptors (Lipinski definition) is 4. The van der Waals surface area contributed by atoms with Crippen LogP contribution in [0.3, 0.4) is 0 Å². The van der Waals surface area contributed by atoms with E-state index in [1.165, 1.54) is 83.5 Å². The molecule has 0 amide bonds. The van der Waals surface area contributed by atoms with E-state index in [4.69, 9.17) is 4.55 Å². The van der Waals surface area contributed by atoms with Crippen LogP contribution in [0.15, 0.2) is 0 Å². The molecule has 0 rings (SSSR count). The van der Waals surface area contributed by atoms with Gasteiger partial charge in [-0.15, -0.1) is 0 Å². The quantitative estimate of drug-likeness (QED) is 0.166. The Hall–Kier alpha value is 0.540. The van der Waals surface area contributed by atoms with E-state index >= 15 is 0 Å². The first kappa shape index (κ1) is 30.7. The van der Waals surface area contributed by atoms with Gasteiger partial charge in [0, 0.05) is 13.0 Å². The van der Waals surface area contributed by atoms with E-state index in [9.17, 15) is 13.2 Å². The summed E-state index contributed by atoms with van der Waals surface area (Å²) in [6, 6.07) is 0. The zero-order valence-electron chi connectivity index (χ0n) is 18.5. The van der Waals surface area contributed by atoms with E-state index in [-0.39, 0.29) is 54.2 Å². The molecule has 0 fully saturated rings. The molecule has 0 aliphatic carbocycles. The van der Waals surface area contributed by atoms with Crippen LogP contribution in [0.25, 0.3) is 0 Å². The van der Waals surface area contributed by atoms with Crippen molar-refractivity contribution in [2.75, 3.05) is 18.8 Å². The summed E-state index contributed by atoms with van der Waals surface area (Å²) in [4.78, 5) is 11.6. The summed E-state index contributed by atoms with van der Waals surface area (Å²) in [5.74, 6) is -0.237. The van der Waals surface area contributed by atoms with Crippen LogP contribution in [-0.2, 0) is 14.9 Å². The Morgan fingerprint density at radius 3 is 1.54 bits per heavy atom. The Bertz CT molecular complexity index is 444. The largest absolute Gasteiger partial charge is 1.00 e. The molecule has 0 aromatic heterocycles. The molecule has 0 aliphatic rings. The van der Waals surface area contributed by atoms with Gasteiger partial charge in [-0.3, -0.25) is 9.35 Å². The number of carbonyl (C=O) groups is 1. The summed E-state index contributed by atoms with van der Waals surface area (Å²) < 4.78 is 29.7. The molecule has 0 saturated heterocycles. The van der Waals surface area contributed by atoms with E-state index in [1.54, 1.807) is 0 Å². The number of ketones is 1. The van der Waals surface area contributed by atoms with Gasteiger partial charge < -0.3 is 5.32 Å². The SMILES string of the molecule is CCCCCCCCCCCCCCCCCC(=O)CNCCS(=O)(=O)O.[Na+]. The fourth-order valence-electron chi connectivity index (χ4n) is 3.21. The molecule has 0 heterocycles. The topological polar surface area (TPSA) is 83.5 Å². The van der Waals surface area contributed by atoms with Crippen LogP contribution >= 0.6 is 0 Å². The van der Waals surface area contributed by atoms with E-state index in [2.05, 4.69) is 12.2 Å². The third-order valence-electron chi connectivity index (χ3n) is 4.92. The molecule has 0 saturated carbocycles. The zero-order chi connectivity index (χ0) is 20.2. The van der Waals surface area contributed by atoms with Gasteiger partial charge in [0.15, 0.2) is 0 Å². The molecule has 0 aromatic carbocycles. The van der Waals surface area contributed by atoms with Crippen molar-refractivity contribution in [3.63, 3.8) is 0 Å². The van der Waals surface area contributed by atoms with Crippen molar-refractivity contribution in [1.29, 1.82) is 0 Å². The van der Waals surface area contributed by atoms with Gasteiger partial charge in [0.2, 0.25) is 0 Å². The number of unbranched alkanes of at least 4 members (excludes halogenated alkanes) is 14. The molecular weight excluding hydrogens is 385 g/mol. The van der Waals surface area contributed by atoms with Crippen molar-refractivity contribution in [1.82, 2.24) is 5.32 Å². The van der Waals surface area contributed by atoms with E-state index in [0.29, 0.717) is 6.42 Å². The molecule has 0 radical (unpaired) electrons. The third-order valence-corrected chi connectivity index (χ3v) is 5.64. The predicted molar refractivity (Wildman–Crippen MR) is 114 cm³/mol. The van der Waals surface area contributed by atoms with Crippen LogP contribution < -0.4 is 34.9 Å². The Morgan fingerprint density at radius 1 is 0.750 bits per heavy atom. The smallest absolute Gasteiger partial charge is 0.309 e. The van der Waals surface area contributed by atoms with E-state index in [0.717, 1.165) is 12.8 Å². The van der Waals surface area contributed by atoms with Crippen molar-refractivity contribution in [2.24, 2.45) is 0 Å². The van der Waals surface area contributed by atoms with Gasteiger partial charge in [-0.25, -0.2) is 0 Å². The second-order valence-corrected chi connectivity index (χ2v) is 9.27. The fourth-order valence-corrected chi connectivity index (χ4v) is 3.61. The number of rotatable bonds is 21. The van der Waals surface area contributed by atoms with Gasteiger partial charge >= 0.3 is 29.6 Å². The summed E-state index contributed by atoms with van der Waals surface area (Å²) in [7, 11) is -3.94. The molecule has 7 heteroatoms. The minimum atomic E-state index is -3.94. The molecule has 0 aliphatic heterocycles. The van der Waals surface area contributed by atoms with Crippen LogP contribution in [0.1, 0.15) is 110 Å². The Morgan fingerprint density at radius 2 is 1.14 bits per heavy atom. The number of hydrogen-bond donors (Lipinski definition) is 2. The molecule has 162 valence electrons. The normalized spacial score (nSPS) is 11.4. The van der Waals surface area contributed by atoms with Crippen molar-refractivity contribution >= 4 is 15.9 Å². The minimum Gasteiger partial charge on any atom is -0.309 e. The standard InChI is InChI=1S/C21H43NO4S.Na/c1-2-3-4-5-6-7-8-9-10-11-12-13-14-15-16-17-21(23)20-22-18-19-27(24,25)26;/h22H,2-20H2,1H3,(H,24,25,26);/q;+1. The summed E-state index contributed by atoms with van der Waals surface area (Å²) in [5.41, 5.74) is 0. The van der Waals surface area contributed by atoms with Crippen molar-refractivity contribution in [2.45, 2.75) is 110 Å². The third kappa shape index (κ3) is 26.5. The molecule has 0 atom stereocenters. The van der Waals surface area contributed by atoms with Crippen LogP contribution in [0, 0.1) is 0 Å². The molecule has 28 heavy (non-hydrogen) atoms. The van der Waals surface area contributed by atoms with E-state index < -0.39 is 10.1 Å². The van der Waals surface area contributed by atoms with E-state index in [1.807, 2.05) is 0 Å². The zero-order valence-corrected chi connectivity index (χ0v) is 21.3. The van der Waals surface area contributed by atoms with Gasteiger partial charge in [0.05, 0.1) is 12.3 Å². The first-order valence-electron chi connectivity index (χ1n) is 11.1. The van der Waals surface area contributed by atoms with Gasteiger partial charge in [0.1, 0.15) is 5.78 Å². The second-order valence-electron chi connectivity index (χ2n) is 7.70. The summed E-state index contributed by atoms with van der Waals surface area (Å²) >= 11 is 0. The summed E-state index contributed by atoms with van der Waals surface area (Å²) in [6.07, 6.45) is 20.2. The molecular formula is C21H43NNaO4S+. The Balaban J connectivity index is 0. The van der Waals surface area contributed by atoms with Crippen molar-refractivity contribution < 1.29 is 47.3 Å². The fraction of sp³-hybridized carbons (Fsp3) is 0.952. The van der Waals surface area contributed by atoms with Gasteiger partial charge in [-0.2, -0.15) is 8.42 Å². The first-order chi connectivity index (χ1) is 13.0. The predicted octanol–water partition coefficient (Wildman–Crippen LogP) is 2.30. The summed E-state index contributed by atoms with van der Waals surface area (Å²) in [5, 5.41) is 2.76. The Labute approximate surface area is 196 Å². The molecule has 0 aromatic rings. The van der Waals surface area contributed by atoms with Crippen LogP contribution in [-0.4, -0.2) is 37.6 Å². The van der Waals surface area contributed by atoms with Crippen molar-refractivity contribution in [3.05, 3.63) is 0 Å². The average Bonchev–Trinajstić information content (AvgIpc) is 2.61. The first-order valence-corrected chi connectivity index (χ1v) is 12.7. The van der Waals surface area contributed by atoms with Gasteiger partial charge in [-0.1, -0.05) is 96.8 Å². The average molecular weight is 429 g/mol. The monoisotopic (exact) mass is 428 g/mol. The minimum absolute atomic E-state index is 0. The number of nitrogens with one attached hydrogen (secondary N) is 1. The van der Waals surface area contributed by atoms with Crippen LogP contribution in [0.2, 0.25) is 0 Å². The molecule has 2 N–H and O–H groups in total. The van der Waals surface area contributed by atoms with Crippen LogP contribution in [0.5, 0.6) is 0 Å². The van der Waals surface area contributed by atoms with Gasteiger partial charge in [0.25, 0.3) is 10.1 Å². The molecule has 0 bridgehead atoms. The molecule has 0 spiro atoms. The van der Waals surface area contributed by atoms with Crippen LogP contribution in [0.4, 0.5) is 0 Å². The Kier molecular flexibility index (Phi) is 24.4. The second kappa shape index (κ2) is 22.2. The summed E-state index contributed by atoms with van der Waals surface area (Å²) in [6.45, 7) is 2.56. The van der Waals surface area contributed by atoms with Crippen molar-refractivity contribution in [3.8, 4) is 0 Å². The maximum Gasteiger partial charge on any atom is 1.00 e.